The molecule has 0 aliphatic carbocycles. The minimum absolute atomic E-state index is 0.0207. The molecular formula is C15H18N4O4. The predicted molar refractivity (Wildman–Crippen MR) is 82.7 cm³/mol. The summed E-state index contributed by atoms with van der Waals surface area (Å²) in [6.07, 6.45) is -0.0676. The van der Waals surface area contributed by atoms with Crippen molar-refractivity contribution in [2.45, 2.75) is 32.9 Å². The van der Waals surface area contributed by atoms with Crippen LogP contribution in [0.2, 0.25) is 0 Å². The molecule has 0 radical (unpaired) electrons. The first-order chi connectivity index (χ1) is 11.0. The van der Waals surface area contributed by atoms with E-state index in [0.717, 1.165) is 4.68 Å². The molecule has 0 atom stereocenters. The summed E-state index contributed by atoms with van der Waals surface area (Å²) in [7, 11) is 0. The third kappa shape index (κ3) is 4.60. The minimum Gasteiger partial charge on any atom is -0.456 e. The first kappa shape index (κ1) is 16.6. The Morgan fingerprint density at radius 1 is 1.30 bits per heavy atom. The van der Waals surface area contributed by atoms with Gasteiger partial charge in [0.1, 0.15) is 5.52 Å². The smallest absolute Gasteiger partial charge is 0.308 e. The van der Waals surface area contributed by atoms with Crippen LogP contribution in [0.4, 0.5) is 0 Å². The van der Waals surface area contributed by atoms with Crippen molar-refractivity contribution in [1.82, 2.24) is 20.3 Å². The van der Waals surface area contributed by atoms with Crippen molar-refractivity contribution in [2.24, 2.45) is 0 Å². The van der Waals surface area contributed by atoms with Crippen molar-refractivity contribution >= 4 is 22.8 Å². The molecule has 0 aliphatic heterocycles. The number of aryl methyl sites for hydroxylation is 1. The van der Waals surface area contributed by atoms with Crippen LogP contribution in [0.5, 0.6) is 0 Å². The third-order valence-electron chi connectivity index (χ3n) is 2.97. The van der Waals surface area contributed by atoms with Crippen LogP contribution in [0.15, 0.2) is 29.1 Å². The van der Waals surface area contributed by atoms with Crippen LogP contribution >= 0.6 is 0 Å². The molecule has 8 heteroatoms. The normalized spacial score (nSPS) is 10.7. The van der Waals surface area contributed by atoms with Crippen LogP contribution < -0.4 is 10.9 Å². The first-order valence-electron chi connectivity index (χ1n) is 7.25. The summed E-state index contributed by atoms with van der Waals surface area (Å²) in [6.45, 7) is 3.33. The maximum atomic E-state index is 12.2. The molecule has 0 saturated heterocycles. The molecule has 0 bridgehead atoms. The molecule has 1 heterocycles. The molecule has 0 spiro atoms. The zero-order valence-corrected chi connectivity index (χ0v) is 13.0. The number of carbonyl (C=O) groups is 2. The topological polar surface area (TPSA) is 103 Å². The van der Waals surface area contributed by atoms with Crippen molar-refractivity contribution in [1.29, 1.82) is 0 Å². The third-order valence-corrected chi connectivity index (χ3v) is 2.97. The Morgan fingerprint density at radius 3 is 2.78 bits per heavy atom. The van der Waals surface area contributed by atoms with Gasteiger partial charge in [0.15, 0.2) is 6.61 Å². The maximum Gasteiger partial charge on any atom is 0.308 e. The fraction of sp³-hybridized carbons (Fsp3) is 0.400. The number of aromatic nitrogens is 3. The van der Waals surface area contributed by atoms with Crippen LogP contribution in [0.1, 0.15) is 20.3 Å². The van der Waals surface area contributed by atoms with Crippen LogP contribution in [0, 0.1) is 0 Å². The van der Waals surface area contributed by atoms with Gasteiger partial charge in [-0.1, -0.05) is 17.3 Å². The Morgan fingerprint density at radius 2 is 2.04 bits per heavy atom. The number of carbonyl (C=O) groups excluding carboxylic acids is 2. The molecule has 0 aliphatic rings. The van der Waals surface area contributed by atoms with E-state index in [4.69, 9.17) is 4.74 Å². The van der Waals surface area contributed by atoms with Crippen molar-refractivity contribution < 1.29 is 14.3 Å². The molecule has 1 aromatic heterocycles. The van der Waals surface area contributed by atoms with Gasteiger partial charge in [-0.25, -0.2) is 4.68 Å². The number of ether oxygens (including phenoxy) is 1. The van der Waals surface area contributed by atoms with Gasteiger partial charge in [0.25, 0.3) is 11.5 Å². The highest BCUT2D eigenvalue weighted by Crippen LogP contribution is 2.03. The largest absolute Gasteiger partial charge is 0.456 e. The van der Waals surface area contributed by atoms with Gasteiger partial charge >= 0.3 is 5.97 Å². The van der Waals surface area contributed by atoms with Crippen LogP contribution in [0.25, 0.3) is 10.9 Å². The lowest BCUT2D eigenvalue weighted by Crippen LogP contribution is -2.34. The minimum atomic E-state index is -0.578. The van der Waals surface area contributed by atoms with Gasteiger partial charge in [-0.3, -0.25) is 14.4 Å². The fourth-order valence-electron chi connectivity index (χ4n) is 1.95. The summed E-state index contributed by atoms with van der Waals surface area (Å²) >= 11 is 0. The highest BCUT2D eigenvalue weighted by atomic mass is 16.5. The standard InChI is InChI=1S/C15H18N4O4/c1-10(2)16-13(20)9-23-14(21)7-8-19-15(22)11-5-3-4-6-12(11)17-18-19/h3-6,10H,7-9H2,1-2H3,(H,16,20). The van der Waals surface area contributed by atoms with Gasteiger partial charge in [0.05, 0.1) is 18.4 Å². The molecule has 0 fully saturated rings. The van der Waals surface area contributed by atoms with Crippen LogP contribution in [0.3, 0.4) is 0 Å². The Bertz CT molecular complexity index is 769. The number of hydrogen-bond acceptors (Lipinski definition) is 6. The number of amides is 1. The zero-order chi connectivity index (χ0) is 16.8. The average molecular weight is 318 g/mol. The zero-order valence-electron chi connectivity index (χ0n) is 13.0. The van der Waals surface area contributed by atoms with Crippen molar-refractivity contribution in [3.8, 4) is 0 Å². The summed E-state index contributed by atoms with van der Waals surface area (Å²) < 4.78 is 5.95. The van der Waals surface area contributed by atoms with E-state index in [1.54, 1.807) is 24.3 Å². The van der Waals surface area contributed by atoms with Gasteiger partial charge in [0, 0.05) is 6.04 Å². The van der Waals surface area contributed by atoms with E-state index in [1.165, 1.54) is 0 Å². The second-order valence-electron chi connectivity index (χ2n) is 5.27. The number of rotatable bonds is 6. The van der Waals surface area contributed by atoms with E-state index >= 15 is 0 Å². The molecule has 0 saturated carbocycles. The van der Waals surface area contributed by atoms with Crippen LogP contribution in [-0.4, -0.2) is 39.5 Å². The van der Waals surface area contributed by atoms with E-state index in [2.05, 4.69) is 15.6 Å². The summed E-state index contributed by atoms with van der Waals surface area (Å²) in [5, 5.41) is 10.7. The van der Waals surface area contributed by atoms with Crippen molar-refractivity contribution in [3.05, 3.63) is 34.6 Å². The van der Waals surface area contributed by atoms with Crippen molar-refractivity contribution in [3.63, 3.8) is 0 Å². The highest BCUT2D eigenvalue weighted by Gasteiger charge is 2.10. The van der Waals surface area contributed by atoms with Gasteiger partial charge in [-0.05, 0) is 26.0 Å². The molecule has 2 aromatic rings. The van der Waals surface area contributed by atoms with Crippen LogP contribution in [-0.2, 0) is 20.9 Å². The number of nitrogens with one attached hydrogen (secondary N) is 1. The number of hydrogen-bond donors (Lipinski definition) is 1. The number of nitrogens with zero attached hydrogens (tertiary/aromatic N) is 3. The maximum absolute atomic E-state index is 12.2. The predicted octanol–water partition coefficient (Wildman–Crippen LogP) is 0.249. The summed E-state index contributed by atoms with van der Waals surface area (Å²) in [5.41, 5.74) is 0.183. The molecule has 0 unspecified atom stereocenters. The summed E-state index contributed by atoms with van der Waals surface area (Å²) in [5.74, 6) is -0.943. The van der Waals surface area contributed by atoms with Gasteiger partial charge < -0.3 is 10.1 Å². The summed E-state index contributed by atoms with van der Waals surface area (Å²) in [4.78, 5) is 35.2. The van der Waals surface area contributed by atoms with E-state index < -0.39 is 5.97 Å². The number of fused-ring (bicyclic) bond motifs is 1. The van der Waals surface area contributed by atoms with Crippen molar-refractivity contribution in [2.75, 3.05) is 6.61 Å². The Hall–Kier alpha value is -2.77. The lowest BCUT2D eigenvalue weighted by atomic mass is 10.2. The fourth-order valence-corrected chi connectivity index (χ4v) is 1.95. The van der Waals surface area contributed by atoms with E-state index in [9.17, 15) is 14.4 Å². The van der Waals surface area contributed by atoms with Gasteiger partial charge in [-0.15, -0.1) is 5.10 Å². The molecule has 8 nitrogen and oxygen atoms in total. The van der Waals surface area contributed by atoms with E-state index in [1.807, 2.05) is 13.8 Å². The lowest BCUT2D eigenvalue weighted by molar-refractivity contribution is -0.148. The monoisotopic (exact) mass is 318 g/mol. The van der Waals surface area contributed by atoms with E-state index in [-0.39, 0.29) is 37.1 Å². The Balaban J connectivity index is 1.91. The molecule has 1 amide bonds. The second kappa shape index (κ2) is 7.48. The molecular weight excluding hydrogens is 300 g/mol. The Kier molecular flexibility index (Phi) is 5.40. The number of benzene rings is 1. The lowest BCUT2D eigenvalue weighted by Gasteiger charge is -2.09. The Labute approximate surface area is 132 Å². The van der Waals surface area contributed by atoms with Gasteiger partial charge in [-0.2, -0.15) is 0 Å². The molecule has 23 heavy (non-hydrogen) atoms. The number of esters is 1. The molecule has 122 valence electrons. The quantitative estimate of drug-likeness (QED) is 0.766. The summed E-state index contributed by atoms with van der Waals surface area (Å²) in [6, 6.07) is 6.82. The van der Waals surface area contributed by atoms with Gasteiger partial charge in [0.2, 0.25) is 0 Å². The molecule has 1 N–H and O–H groups in total. The first-order valence-corrected chi connectivity index (χ1v) is 7.25. The SMILES string of the molecule is CC(C)NC(=O)COC(=O)CCn1nnc2ccccc2c1=O. The molecule has 2 rings (SSSR count). The second-order valence-corrected chi connectivity index (χ2v) is 5.27. The molecule has 1 aromatic carbocycles. The highest BCUT2D eigenvalue weighted by molar-refractivity contribution is 5.80. The van der Waals surface area contributed by atoms with E-state index in [0.29, 0.717) is 10.9 Å². The average Bonchev–Trinajstić information content (AvgIpc) is 2.52.